The van der Waals surface area contributed by atoms with Crippen LogP contribution >= 0.6 is 36.0 Å². The second-order valence-electron chi connectivity index (χ2n) is 6.64. The Morgan fingerprint density at radius 1 is 0.906 bits per heavy atom. The first-order valence-corrected chi connectivity index (χ1v) is 10.8. The lowest BCUT2D eigenvalue weighted by molar-refractivity contribution is 0.414. The van der Waals surface area contributed by atoms with Crippen LogP contribution in [0.3, 0.4) is 0 Å². The van der Waals surface area contributed by atoms with Crippen LogP contribution in [0.5, 0.6) is 5.75 Å². The zero-order valence-corrected chi connectivity index (χ0v) is 19.3. The van der Waals surface area contributed by atoms with Crippen molar-refractivity contribution in [2.45, 2.75) is 0 Å². The van der Waals surface area contributed by atoms with Crippen molar-refractivity contribution in [3.63, 3.8) is 0 Å². The van der Waals surface area contributed by atoms with Gasteiger partial charge in [0.25, 0.3) is 0 Å². The predicted molar refractivity (Wildman–Crippen MR) is 135 cm³/mol. The average Bonchev–Trinajstić information content (AvgIpc) is 2.81. The van der Waals surface area contributed by atoms with E-state index in [0.717, 1.165) is 22.7 Å². The number of thiocarbonyl (C=S) groups is 1. The maximum absolute atomic E-state index is 5.96. The maximum atomic E-state index is 5.96. The summed E-state index contributed by atoms with van der Waals surface area (Å²) in [5.74, 6) is 1.66. The number of hydrogen-bond acceptors (Lipinski definition) is 5. The Hall–Kier alpha value is -3.33. The molecule has 4 rings (SSSR count). The summed E-state index contributed by atoms with van der Waals surface area (Å²) in [4.78, 5) is 9.25. The van der Waals surface area contributed by atoms with Gasteiger partial charge in [-0.25, -0.2) is 0 Å². The van der Waals surface area contributed by atoms with Crippen molar-refractivity contribution in [2.75, 3.05) is 17.7 Å². The van der Waals surface area contributed by atoms with E-state index in [2.05, 4.69) is 15.6 Å². The van der Waals surface area contributed by atoms with E-state index in [-0.39, 0.29) is 0 Å². The van der Waals surface area contributed by atoms with Gasteiger partial charge in [0.15, 0.2) is 10.9 Å². The van der Waals surface area contributed by atoms with Crippen LogP contribution in [0.4, 0.5) is 11.6 Å². The second-order valence-corrected chi connectivity index (χ2v) is 7.85. The van der Waals surface area contributed by atoms with Crippen LogP contribution in [0.2, 0.25) is 5.02 Å². The molecule has 0 aliphatic carbocycles. The zero-order chi connectivity index (χ0) is 22.5. The molecule has 0 spiro atoms. The summed E-state index contributed by atoms with van der Waals surface area (Å²) in [7, 11) is 1.62. The summed E-state index contributed by atoms with van der Waals surface area (Å²) in [6, 6.07) is 24.3. The number of rotatable bonds is 5. The molecule has 0 bridgehead atoms. The van der Waals surface area contributed by atoms with E-state index in [9.17, 15) is 0 Å². The number of aromatic nitrogens is 3. The molecule has 4 aromatic rings. The molecule has 0 aliphatic heterocycles. The Kier molecular flexibility index (Phi) is 6.75. The highest BCUT2D eigenvalue weighted by Crippen LogP contribution is 2.22. The minimum Gasteiger partial charge on any atom is -0.497 e. The van der Waals surface area contributed by atoms with Gasteiger partial charge in [0, 0.05) is 16.3 Å². The van der Waals surface area contributed by atoms with Crippen molar-refractivity contribution in [3.05, 3.63) is 88.7 Å². The minimum absolute atomic E-state index is 0.334. The van der Waals surface area contributed by atoms with Crippen molar-refractivity contribution in [3.8, 4) is 22.8 Å². The van der Waals surface area contributed by atoms with Crippen molar-refractivity contribution >= 4 is 52.8 Å². The van der Waals surface area contributed by atoms with E-state index >= 15 is 0 Å². The zero-order valence-electron chi connectivity index (χ0n) is 16.9. The summed E-state index contributed by atoms with van der Waals surface area (Å²) < 4.78 is 7.31. The summed E-state index contributed by atoms with van der Waals surface area (Å²) in [5, 5.41) is 7.27. The molecular formula is C23H18ClN5OS2. The van der Waals surface area contributed by atoms with E-state index in [1.807, 2.05) is 66.7 Å². The van der Waals surface area contributed by atoms with E-state index in [0.29, 0.717) is 26.7 Å². The number of nitrogens with one attached hydrogen (secondary N) is 2. The highest BCUT2D eigenvalue weighted by Gasteiger charge is 2.13. The molecule has 0 fully saturated rings. The summed E-state index contributed by atoms with van der Waals surface area (Å²) in [5.41, 5.74) is 2.41. The maximum Gasteiger partial charge on any atom is 0.218 e. The van der Waals surface area contributed by atoms with Crippen molar-refractivity contribution in [2.24, 2.45) is 0 Å². The third-order valence-electron chi connectivity index (χ3n) is 4.51. The van der Waals surface area contributed by atoms with Crippen LogP contribution in [0.1, 0.15) is 0 Å². The Morgan fingerprint density at radius 3 is 2.25 bits per heavy atom. The molecule has 9 heteroatoms. The third-order valence-corrected chi connectivity index (χ3v) is 5.24. The average molecular weight is 480 g/mol. The number of halogens is 1. The molecule has 0 aliphatic rings. The van der Waals surface area contributed by atoms with Crippen LogP contribution in [0.15, 0.2) is 78.9 Å². The molecule has 0 saturated carbocycles. The largest absolute Gasteiger partial charge is 0.497 e. The number of nitrogens with zero attached hydrogens (tertiary/aromatic N) is 3. The van der Waals surface area contributed by atoms with Crippen LogP contribution in [0.25, 0.3) is 17.1 Å². The van der Waals surface area contributed by atoms with Crippen LogP contribution in [-0.4, -0.2) is 26.8 Å². The standard InChI is InChI=1S/C23H18ClN5OS2/c1-30-19-13-11-18(12-14-19)29-21(28-22(31)25-17-9-7-16(24)8-10-17)26-20(27-23(29)32)15-5-3-2-4-6-15/h2-14H,1H3,(H2,25,26,27,28,31,32). The van der Waals surface area contributed by atoms with Gasteiger partial charge in [-0.3, -0.25) is 4.57 Å². The van der Waals surface area contributed by atoms with E-state index in [1.54, 1.807) is 23.8 Å². The quantitative estimate of drug-likeness (QED) is 0.333. The first kappa shape index (κ1) is 21.9. The fourth-order valence-electron chi connectivity index (χ4n) is 2.97. The Balaban J connectivity index is 1.74. The monoisotopic (exact) mass is 479 g/mol. The molecule has 1 aromatic heterocycles. The Bertz CT molecular complexity index is 1290. The molecule has 0 atom stereocenters. The third kappa shape index (κ3) is 5.11. The predicted octanol–water partition coefficient (Wildman–Crippen LogP) is 6.13. The molecule has 3 aromatic carbocycles. The van der Waals surface area contributed by atoms with Crippen LogP contribution < -0.4 is 15.4 Å². The first-order valence-electron chi connectivity index (χ1n) is 9.58. The molecular weight excluding hydrogens is 462 g/mol. The van der Waals surface area contributed by atoms with Gasteiger partial charge in [0.05, 0.1) is 12.8 Å². The SMILES string of the molecule is COc1ccc(-n2c(NC(=S)Nc3ccc(Cl)cc3)nc(-c3ccccc3)nc2=S)cc1. The first-order chi connectivity index (χ1) is 15.5. The Labute approximate surface area is 200 Å². The van der Waals surface area contributed by atoms with Gasteiger partial charge in [-0.15, -0.1) is 0 Å². The molecule has 0 unspecified atom stereocenters. The van der Waals surface area contributed by atoms with E-state index in [1.165, 1.54) is 0 Å². The van der Waals surface area contributed by atoms with Gasteiger partial charge in [-0.05, 0) is 73.0 Å². The Morgan fingerprint density at radius 2 is 1.59 bits per heavy atom. The topological polar surface area (TPSA) is 64.0 Å². The molecule has 2 N–H and O–H groups in total. The van der Waals surface area contributed by atoms with E-state index < -0.39 is 0 Å². The number of ether oxygens (including phenoxy) is 1. The van der Waals surface area contributed by atoms with Crippen molar-refractivity contribution in [1.29, 1.82) is 0 Å². The fourth-order valence-corrected chi connectivity index (χ4v) is 3.58. The molecule has 0 saturated heterocycles. The molecule has 0 amide bonds. The lowest BCUT2D eigenvalue weighted by Gasteiger charge is -2.17. The van der Waals surface area contributed by atoms with Gasteiger partial charge in [0.2, 0.25) is 10.7 Å². The summed E-state index contributed by atoms with van der Waals surface area (Å²) in [6.45, 7) is 0. The second kappa shape index (κ2) is 9.86. The van der Waals surface area contributed by atoms with Crippen molar-refractivity contribution < 1.29 is 4.74 Å². The smallest absolute Gasteiger partial charge is 0.218 e. The van der Waals surface area contributed by atoms with Gasteiger partial charge in [-0.2, -0.15) is 9.97 Å². The molecule has 160 valence electrons. The van der Waals surface area contributed by atoms with Gasteiger partial charge in [-0.1, -0.05) is 41.9 Å². The highest BCUT2D eigenvalue weighted by molar-refractivity contribution is 7.80. The van der Waals surface area contributed by atoms with E-state index in [4.69, 9.17) is 45.8 Å². The molecule has 6 nitrogen and oxygen atoms in total. The molecule has 0 radical (unpaired) electrons. The minimum atomic E-state index is 0.334. The van der Waals surface area contributed by atoms with Crippen LogP contribution in [-0.2, 0) is 0 Å². The van der Waals surface area contributed by atoms with Crippen molar-refractivity contribution in [1.82, 2.24) is 14.5 Å². The van der Waals surface area contributed by atoms with Gasteiger partial charge in [0.1, 0.15) is 5.75 Å². The summed E-state index contributed by atoms with van der Waals surface area (Å²) >= 11 is 17.1. The number of benzene rings is 3. The molecule has 32 heavy (non-hydrogen) atoms. The number of hydrogen-bond donors (Lipinski definition) is 2. The van der Waals surface area contributed by atoms with Gasteiger partial charge < -0.3 is 15.4 Å². The fraction of sp³-hybridized carbons (Fsp3) is 0.0435. The lowest BCUT2D eigenvalue weighted by atomic mass is 10.2. The van der Waals surface area contributed by atoms with Gasteiger partial charge >= 0.3 is 0 Å². The number of methoxy groups -OCH3 is 1. The summed E-state index contributed by atoms with van der Waals surface area (Å²) in [6.07, 6.45) is 0. The highest BCUT2D eigenvalue weighted by atomic mass is 35.5. The molecule has 1 heterocycles. The number of anilines is 2. The van der Waals surface area contributed by atoms with Crippen LogP contribution in [0, 0.1) is 4.77 Å². The lowest BCUT2D eigenvalue weighted by Crippen LogP contribution is -2.23. The normalized spacial score (nSPS) is 10.4.